The summed E-state index contributed by atoms with van der Waals surface area (Å²) in [5.74, 6) is 1.43. The number of nitrogens with zero attached hydrogens (tertiary/aromatic N) is 1. The summed E-state index contributed by atoms with van der Waals surface area (Å²) in [5, 5.41) is 5.66. The van der Waals surface area contributed by atoms with E-state index in [2.05, 4.69) is 29.7 Å². The molecule has 0 saturated heterocycles. The van der Waals surface area contributed by atoms with Gasteiger partial charge in [0.1, 0.15) is 0 Å². The van der Waals surface area contributed by atoms with Crippen molar-refractivity contribution in [3.8, 4) is 0 Å². The second kappa shape index (κ2) is 9.06. The number of urea groups is 1. The van der Waals surface area contributed by atoms with E-state index in [-0.39, 0.29) is 18.5 Å². The molecule has 3 amide bonds. The largest absolute Gasteiger partial charge is 0.338 e. The van der Waals surface area contributed by atoms with Gasteiger partial charge < -0.3 is 15.5 Å². The summed E-state index contributed by atoms with van der Waals surface area (Å²) in [6.07, 6.45) is 7.10. The van der Waals surface area contributed by atoms with Gasteiger partial charge in [0, 0.05) is 19.6 Å². The fourth-order valence-electron chi connectivity index (χ4n) is 4.12. The zero-order valence-electron chi connectivity index (χ0n) is 15.8. The molecule has 26 heavy (non-hydrogen) atoms. The molecule has 2 aliphatic rings. The topological polar surface area (TPSA) is 61.4 Å². The van der Waals surface area contributed by atoms with Crippen molar-refractivity contribution in [2.75, 3.05) is 19.6 Å². The van der Waals surface area contributed by atoms with Gasteiger partial charge in [-0.05, 0) is 42.2 Å². The molecular formula is C21H31N3O2. The van der Waals surface area contributed by atoms with E-state index in [4.69, 9.17) is 0 Å². The first-order valence-electron chi connectivity index (χ1n) is 10.0. The SMILES string of the molecule is CCC1CCC(CNC(=O)NCC(=O)N2CCc3ccccc3C2)CC1. The van der Waals surface area contributed by atoms with Crippen LogP contribution in [0.1, 0.15) is 50.2 Å². The van der Waals surface area contributed by atoms with Crippen LogP contribution in [0.2, 0.25) is 0 Å². The fraction of sp³-hybridized carbons (Fsp3) is 0.619. The Morgan fingerprint density at radius 3 is 2.46 bits per heavy atom. The van der Waals surface area contributed by atoms with Crippen LogP contribution in [-0.4, -0.2) is 36.5 Å². The molecule has 5 heteroatoms. The van der Waals surface area contributed by atoms with Gasteiger partial charge in [0.05, 0.1) is 6.54 Å². The van der Waals surface area contributed by atoms with E-state index in [0.29, 0.717) is 19.0 Å². The monoisotopic (exact) mass is 357 g/mol. The first-order chi connectivity index (χ1) is 12.7. The highest BCUT2D eigenvalue weighted by Crippen LogP contribution is 2.30. The number of hydrogen-bond donors (Lipinski definition) is 2. The maximum atomic E-state index is 12.4. The van der Waals surface area contributed by atoms with E-state index in [1.165, 1.54) is 43.2 Å². The van der Waals surface area contributed by atoms with Crippen molar-refractivity contribution in [2.24, 2.45) is 11.8 Å². The van der Waals surface area contributed by atoms with E-state index in [1.54, 1.807) is 0 Å². The maximum Gasteiger partial charge on any atom is 0.315 e. The molecule has 0 radical (unpaired) electrons. The zero-order valence-corrected chi connectivity index (χ0v) is 15.8. The minimum absolute atomic E-state index is 0.0156. The predicted molar refractivity (Wildman–Crippen MR) is 103 cm³/mol. The van der Waals surface area contributed by atoms with Crippen LogP contribution in [0.15, 0.2) is 24.3 Å². The zero-order chi connectivity index (χ0) is 18.4. The summed E-state index contributed by atoms with van der Waals surface area (Å²) in [6.45, 7) is 4.40. The number of carbonyl (C=O) groups is 2. The highest BCUT2D eigenvalue weighted by molar-refractivity contribution is 5.84. The molecule has 0 unspecified atom stereocenters. The molecule has 5 nitrogen and oxygen atoms in total. The van der Waals surface area contributed by atoms with Crippen molar-refractivity contribution in [1.82, 2.24) is 15.5 Å². The summed E-state index contributed by atoms with van der Waals surface area (Å²) in [6, 6.07) is 8.01. The predicted octanol–water partition coefficient (Wildman–Crippen LogP) is 3.09. The Morgan fingerprint density at radius 1 is 1.04 bits per heavy atom. The summed E-state index contributed by atoms with van der Waals surface area (Å²) >= 11 is 0. The molecule has 0 atom stereocenters. The van der Waals surface area contributed by atoms with Crippen molar-refractivity contribution in [2.45, 2.75) is 52.0 Å². The molecule has 0 aromatic heterocycles. The van der Waals surface area contributed by atoms with Crippen molar-refractivity contribution in [3.63, 3.8) is 0 Å². The number of rotatable bonds is 5. The third-order valence-corrected chi connectivity index (χ3v) is 5.98. The molecule has 1 aliphatic carbocycles. The standard InChI is InChI=1S/C21H31N3O2/c1-2-16-7-9-17(10-8-16)13-22-21(26)23-14-20(25)24-12-11-18-5-3-4-6-19(18)15-24/h3-6,16-17H,2,7-15H2,1H3,(H2,22,23,26). The molecule has 1 aromatic carbocycles. The first kappa shape index (κ1) is 18.7. The Morgan fingerprint density at radius 2 is 1.73 bits per heavy atom. The lowest BCUT2D eigenvalue weighted by Crippen LogP contribution is -2.46. The fourth-order valence-corrected chi connectivity index (χ4v) is 4.12. The first-order valence-corrected chi connectivity index (χ1v) is 10.0. The Hall–Kier alpha value is -2.04. The van der Waals surface area contributed by atoms with Crippen molar-refractivity contribution in [1.29, 1.82) is 0 Å². The molecular weight excluding hydrogens is 326 g/mol. The Bertz CT molecular complexity index is 623. The number of carbonyl (C=O) groups excluding carboxylic acids is 2. The highest BCUT2D eigenvalue weighted by atomic mass is 16.2. The lowest BCUT2D eigenvalue weighted by atomic mass is 9.81. The van der Waals surface area contributed by atoms with Crippen LogP contribution in [0.3, 0.4) is 0 Å². The maximum absolute atomic E-state index is 12.4. The minimum atomic E-state index is -0.228. The summed E-state index contributed by atoms with van der Waals surface area (Å²) in [5.41, 5.74) is 2.53. The Balaban J connectivity index is 1.35. The lowest BCUT2D eigenvalue weighted by Gasteiger charge is -2.29. The Labute approximate surface area is 156 Å². The Kier molecular flexibility index (Phi) is 6.53. The quantitative estimate of drug-likeness (QED) is 0.851. The van der Waals surface area contributed by atoms with Gasteiger partial charge in [0.25, 0.3) is 0 Å². The normalized spacial score (nSPS) is 22.4. The average molecular weight is 357 g/mol. The van der Waals surface area contributed by atoms with Gasteiger partial charge in [-0.25, -0.2) is 4.79 Å². The number of benzene rings is 1. The molecule has 2 N–H and O–H groups in total. The summed E-state index contributed by atoms with van der Waals surface area (Å²) in [4.78, 5) is 26.2. The molecule has 1 aliphatic heterocycles. The second-order valence-electron chi connectivity index (χ2n) is 7.69. The number of amides is 3. The average Bonchev–Trinajstić information content (AvgIpc) is 2.70. The third-order valence-electron chi connectivity index (χ3n) is 5.98. The van der Waals surface area contributed by atoms with Crippen molar-refractivity contribution < 1.29 is 9.59 Å². The molecule has 1 saturated carbocycles. The van der Waals surface area contributed by atoms with Crippen LogP contribution in [0.25, 0.3) is 0 Å². The van der Waals surface area contributed by atoms with Crippen molar-refractivity contribution >= 4 is 11.9 Å². The number of hydrogen-bond acceptors (Lipinski definition) is 2. The number of fused-ring (bicyclic) bond motifs is 1. The molecule has 1 heterocycles. The number of nitrogens with one attached hydrogen (secondary N) is 2. The van der Waals surface area contributed by atoms with Crippen LogP contribution in [0.5, 0.6) is 0 Å². The summed E-state index contributed by atoms with van der Waals surface area (Å²) < 4.78 is 0. The van der Waals surface area contributed by atoms with E-state index in [9.17, 15) is 9.59 Å². The molecule has 0 spiro atoms. The van der Waals surface area contributed by atoms with Crippen LogP contribution in [-0.2, 0) is 17.8 Å². The smallest absolute Gasteiger partial charge is 0.315 e. The van der Waals surface area contributed by atoms with Crippen LogP contribution in [0, 0.1) is 11.8 Å². The highest BCUT2D eigenvalue weighted by Gasteiger charge is 2.22. The van der Waals surface area contributed by atoms with Crippen LogP contribution >= 0.6 is 0 Å². The van der Waals surface area contributed by atoms with Crippen LogP contribution < -0.4 is 10.6 Å². The van der Waals surface area contributed by atoms with Gasteiger partial charge in [-0.15, -0.1) is 0 Å². The third kappa shape index (κ3) is 4.99. The van der Waals surface area contributed by atoms with Gasteiger partial charge >= 0.3 is 6.03 Å². The van der Waals surface area contributed by atoms with Gasteiger partial charge in [0.15, 0.2) is 0 Å². The molecule has 0 bridgehead atoms. The van der Waals surface area contributed by atoms with Crippen molar-refractivity contribution in [3.05, 3.63) is 35.4 Å². The van der Waals surface area contributed by atoms with Crippen LogP contribution in [0.4, 0.5) is 4.79 Å². The molecule has 3 rings (SSSR count). The second-order valence-corrected chi connectivity index (χ2v) is 7.69. The van der Waals surface area contributed by atoms with Gasteiger partial charge in [0.2, 0.25) is 5.91 Å². The van der Waals surface area contributed by atoms with E-state index in [1.807, 2.05) is 17.0 Å². The van der Waals surface area contributed by atoms with E-state index < -0.39 is 0 Å². The molecule has 1 fully saturated rings. The molecule has 1 aromatic rings. The van der Waals surface area contributed by atoms with E-state index >= 15 is 0 Å². The summed E-state index contributed by atoms with van der Waals surface area (Å²) in [7, 11) is 0. The van der Waals surface area contributed by atoms with Gasteiger partial charge in [-0.3, -0.25) is 4.79 Å². The lowest BCUT2D eigenvalue weighted by molar-refractivity contribution is -0.130. The van der Waals surface area contributed by atoms with Gasteiger partial charge in [-0.2, -0.15) is 0 Å². The molecule has 142 valence electrons. The minimum Gasteiger partial charge on any atom is -0.338 e. The van der Waals surface area contributed by atoms with Gasteiger partial charge in [-0.1, -0.05) is 50.5 Å². The van der Waals surface area contributed by atoms with E-state index in [0.717, 1.165) is 18.9 Å².